The molecule has 0 saturated heterocycles. The lowest BCUT2D eigenvalue weighted by atomic mass is 10.2. The fraction of sp³-hybridized carbons (Fsp3) is 0.286. The third-order valence-corrected chi connectivity index (χ3v) is 5.15. The van der Waals surface area contributed by atoms with Crippen LogP contribution in [0.25, 0.3) is 11.4 Å². The van der Waals surface area contributed by atoms with Crippen LogP contribution in [0.4, 0.5) is 4.39 Å². The lowest BCUT2D eigenvalue weighted by Gasteiger charge is -2.11. The summed E-state index contributed by atoms with van der Waals surface area (Å²) in [6, 6.07) is 16.2. The van der Waals surface area contributed by atoms with Crippen molar-refractivity contribution in [2.45, 2.75) is 31.5 Å². The monoisotopic (exact) mass is 398 g/mol. The van der Waals surface area contributed by atoms with Crippen molar-refractivity contribution in [3.05, 3.63) is 66.0 Å². The Morgan fingerprint density at radius 1 is 1.11 bits per heavy atom. The van der Waals surface area contributed by atoms with Gasteiger partial charge in [0.15, 0.2) is 11.0 Å². The van der Waals surface area contributed by atoms with Crippen molar-refractivity contribution >= 4 is 17.7 Å². The summed E-state index contributed by atoms with van der Waals surface area (Å²) < 4.78 is 15.3. The van der Waals surface area contributed by atoms with Crippen LogP contribution in [0, 0.1) is 5.82 Å². The highest BCUT2D eigenvalue weighted by Gasteiger charge is 2.16. The van der Waals surface area contributed by atoms with Crippen LogP contribution in [0.15, 0.2) is 59.8 Å². The molecule has 0 spiro atoms. The number of unbranched alkanes of at least 4 members (excludes halogenated alkanes) is 1. The number of amides is 1. The number of rotatable bonds is 9. The second kappa shape index (κ2) is 10.0. The molecular weight excluding hydrogens is 375 g/mol. The molecule has 5 nitrogen and oxygen atoms in total. The van der Waals surface area contributed by atoms with E-state index < -0.39 is 0 Å². The van der Waals surface area contributed by atoms with Crippen molar-refractivity contribution in [1.29, 1.82) is 0 Å². The Morgan fingerprint density at radius 2 is 1.86 bits per heavy atom. The molecule has 3 rings (SSSR count). The van der Waals surface area contributed by atoms with Crippen LogP contribution in [-0.2, 0) is 11.3 Å². The van der Waals surface area contributed by atoms with Crippen molar-refractivity contribution in [1.82, 2.24) is 20.1 Å². The van der Waals surface area contributed by atoms with Gasteiger partial charge in [-0.2, -0.15) is 0 Å². The zero-order valence-electron chi connectivity index (χ0n) is 15.8. The SMILES string of the molecule is CCCCNC(=O)CSc1nnc(-c2ccc(F)cc2)n1Cc1ccccc1. The molecule has 7 heteroatoms. The molecule has 0 fully saturated rings. The molecule has 1 aromatic heterocycles. The number of thioether (sulfide) groups is 1. The van der Waals surface area contributed by atoms with Gasteiger partial charge in [0.25, 0.3) is 0 Å². The lowest BCUT2D eigenvalue weighted by Crippen LogP contribution is -2.26. The largest absolute Gasteiger partial charge is 0.355 e. The first-order chi connectivity index (χ1) is 13.7. The maximum absolute atomic E-state index is 13.3. The van der Waals surface area contributed by atoms with E-state index >= 15 is 0 Å². The minimum Gasteiger partial charge on any atom is -0.355 e. The van der Waals surface area contributed by atoms with Crippen molar-refractivity contribution in [3.63, 3.8) is 0 Å². The van der Waals surface area contributed by atoms with Crippen LogP contribution < -0.4 is 5.32 Å². The summed E-state index contributed by atoms with van der Waals surface area (Å²) in [5.74, 6) is 0.616. The molecule has 0 aliphatic heterocycles. The van der Waals surface area contributed by atoms with E-state index in [0.29, 0.717) is 24.1 Å². The first-order valence-electron chi connectivity index (χ1n) is 9.30. The molecule has 1 heterocycles. The maximum atomic E-state index is 13.3. The van der Waals surface area contributed by atoms with Crippen molar-refractivity contribution in [2.24, 2.45) is 0 Å². The number of carbonyl (C=O) groups is 1. The van der Waals surface area contributed by atoms with Crippen LogP contribution in [-0.4, -0.2) is 33.0 Å². The topological polar surface area (TPSA) is 59.8 Å². The van der Waals surface area contributed by atoms with E-state index in [-0.39, 0.29) is 17.5 Å². The van der Waals surface area contributed by atoms with Gasteiger partial charge in [-0.25, -0.2) is 4.39 Å². The number of aromatic nitrogens is 3. The molecule has 0 aliphatic carbocycles. The molecule has 3 aromatic rings. The molecule has 2 aromatic carbocycles. The molecule has 1 amide bonds. The van der Waals surface area contributed by atoms with E-state index in [1.165, 1.54) is 23.9 Å². The Hall–Kier alpha value is -2.67. The van der Waals surface area contributed by atoms with Crippen molar-refractivity contribution < 1.29 is 9.18 Å². The quantitative estimate of drug-likeness (QED) is 0.435. The fourth-order valence-electron chi connectivity index (χ4n) is 2.70. The zero-order chi connectivity index (χ0) is 19.8. The van der Waals surface area contributed by atoms with E-state index in [2.05, 4.69) is 22.4 Å². The second-order valence-electron chi connectivity index (χ2n) is 6.38. The van der Waals surface area contributed by atoms with Gasteiger partial charge in [-0.15, -0.1) is 10.2 Å². The number of hydrogen-bond donors (Lipinski definition) is 1. The van der Waals surface area contributed by atoms with Gasteiger partial charge in [0.05, 0.1) is 12.3 Å². The van der Waals surface area contributed by atoms with Gasteiger partial charge in [0, 0.05) is 12.1 Å². The molecule has 0 saturated carbocycles. The van der Waals surface area contributed by atoms with Crippen LogP contribution in [0.1, 0.15) is 25.3 Å². The Labute approximate surface area is 168 Å². The Bertz CT molecular complexity index is 897. The predicted molar refractivity (Wildman–Crippen MR) is 110 cm³/mol. The molecular formula is C21H23FN4OS. The number of nitrogens with zero attached hydrogens (tertiary/aromatic N) is 3. The van der Waals surface area contributed by atoms with Crippen LogP contribution in [0.5, 0.6) is 0 Å². The standard InChI is InChI=1S/C21H23FN4OS/c1-2-3-13-23-19(27)15-28-21-25-24-20(17-9-11-18(22)12-10-17)26(21)14-16-7-5-4-6-8-16/h4-12H,2-3,13-15H2,1H3,(H,23,27). The van der Waals surface area contributed by atoms with Gasteiger partial charge in [0.1, 0.15) is 5.82 Å². The van der Waals surface area contributed by atoms with Gasteiger partial charge in [-0.05, 0) is 36.2 Å². The minimum absolute atomic E-state index is 0.0176. The first kappa shape index (κ1) is 20.1. The number of carbonyl (C=O) groups excluding carboxylic acids is 1. The molecule has 0 atom stereocenters. The number of halogens is 1. The van der Waals surface area contributed by atoms with Crippen LogP contribution in [0.2, 0.25) is 0 Å². The van der Waals surface area contributed by atoms with E-state index in [4.69, 9.17) is 0 Å². The van der Waals surface area contributed by atoms with E-state index in [0.717, 1.165) is 24.0 Å². The molecule has 146 valence electrons. The smallest absolute Gasteiger partial charge is 0.230 e. The Kier molecular flexibility index (Phi) is 7.19. The molecule has 28 heavy (non-hydrogen) atoms. The predicted octanol–water partition coefficient (Wildman–Crippen LogP) is 4.14. The summed E-state index contributed by atoms with van der Waals surface area (Å²) in [5.41, 5.74) is 1.88. The number of nitrogens with one attached hydrogen (secondary N) is 1. The molecule has 0 unspecified atom stereocenters. The average Bonchev–Trinajstić information content (AvgIpc) is 3.10. The van der Waals surface area contributed by atoms with Gasteiger partial charge in [-0.1, -0.05) is 55.4 Å². The summed E-state index contributed by atoms with van der Waals surface area (Å²) in [6.45, 7) is 3.34. The Balaban J connectivity index is 1.81. The van der Waals surface area contributed by atoms with Crippen LogP contribution in [0.3, 0.4) is 0 Å². The highest BCUT2D eigenvalue weighted by Crippen LogP contribution is 2.25. The highest BCUT2D eigenvalue weighted by molar-refractivity contribution is 7.99. The molecule has 0 aliphatic rings. The van der Waals surface area contributed by atoms with Crippen molar-refractivity contribution in [3.8, 4) is 11.4 Å². The number of benzene rings is 2. The minimum atomic E-state index is -0.295. The van der Waals surface area contributed by atoms with Gasteiger partial charge >= 0.3 is 0 Å². The number of hydrogen-bond acceptors (Lipinski definition) is 4. The second-order valence-corrected chi connectivity index (χ2v) is 7.32. The third kappa shape index (κ3) is 5.42. The molecule has 1 N–H and O–H groups in total. The summed E-state index contributed by atoms with van der Waals surface area (Å²) in [6.07, 6.45) is 2.01. The van der Waals surface area contributed by atoms with Crippen LogP contribution >= 0.6 is 11.8 Å². The van der Waals surface area contributed by atoms with E-state index in [1.54, 1.807) is 12.1 Å². The molecule has 0 radical (unpaired) electrons. The summed E-state index contributed by atoms with van der Waals surface area (Å²) in [5, 5.41) is 12.2. The Morgan fingerprint density at radius 3 is 2.57 bits per heavy atom. The summed E-state index contributed by atoms with van der Waals surface area (Å²) in [7, 11) is 0. The summed E-state index contributed by atoms with van der Waals surface area (Å²) in [4.78, 5) is 12.0. The van der Waals surface area contributed by atoms with Gasteiger partial charge < -0.3 is 5.32 Å². The third-order valence-electron chi connectivity index (χ3n) is 4.19. The van der Waals surface area contributed by atoms with Crippen molar-refractivity contribution in [2.75, 3.05) is 12.3 Å². The normalized spacial score (nSPS) is 10.8. The van der Waals surface area contributed by atoms with E-state index in [9.17, 15) is 9.18 Å². The summed E-state index contributed by atoms with van der Waals surface area (Å²) >= 11 is 1.35. The highest BCUT2D eigenvalue weighted by atomic mass is 32.2. The zero-order valence-corrected chi connectivity index (χ0v) is 16.6. The fourth-order valence-corrected chi connectivity index (χ4v) is 3.47. The first-order valence-corrected chi connectivity index (χ1v) is 10.3. The average molecular weight is 399 g/mol. The van der Waals surface area contributed by atoms with Gasteiger partial charge in [-0.3, -0.25) is 9.36 Å². The van der Waals surface area contributed by atoms with E-state index in [1.807, 2.05) is 34.9 Å². The van der Waals surface area contributed by atoms with Gasteiger partial charge in [0.2, 0.25) is 5.91 Å². The maximum Gasteiger partial charge on any atom is 0.230 e. The lowest BCUT2D eigenvalue weighted by molar-refractivity contribution is -0.118. The molecule has 0 bridgehead atoms.